The highest BCUT2D eigenvalue weighted by molar-refractivity contribution is 6.03. The molecule has 1 aromatic heterocycles. The quantitative estimate of drug-likeness (QED) is 0.275. The highest BCUT2D eigenvalue weighted by Crippen LogP contribution is 2.30. The number of hydrogen-bond donors (Lipinski definition) is 3. The number of carbonyl (C=O) groups is 4. The lowest BCUT2D eigenvalue weighted by Gasteiger charge is -2.20. The van der Waals surface area contributed by atoms with E-state index in [0.717, 1.165) is 16.3 Å². The first kappa shape index (κ1) is 27.2. The van der Waals surface area contributed by atoms with Gasteiger partial charge in [-0.15, -0.1) is 0 Å². The first-order valence-corrected chi connectivity index (χ1v) is 13.0. The fourth-order valence-electron chi connectivity index (χ4n) is 4.74. The summed E-state index contributed by atoms with van der Waals surface area (Å²) >= 11 is 0. The summed E-state index contributed by atoms with van der Waals surface area (Å²) in [6.07, 6.45) is 4.27. The lowest BCUT2D eigenvalue weighted by molar-refractivity contribution is -0.138. The molecule has 0 spiro atoms. The number of carboxylic acid groups (broad SMARTS) is 1. The number of nitrogens with zero attached hydrogens (tertiary/aromatic N) is 3. The summed E-state index contributed by atoms with van der Waals surface area (Å²) in [5.74, 6) is -2.30. The number of carboxylic acids is 1. The van der Waals surface area contributed by atoms with Crippen molar-refractivity contribution in [3.63, 3.8) is 0 Å². The van der Waals surface area contributed by atoms with Crippen LogP contribution in [-0.4, -0.2) is 46.7 Å². The normalized spacial score (nSPS) is 15.7. The molecule has 1 aliphatic heterocycles. The monoisotopic (exact) mass is 549 g/mol. The summed E-state index contributed by atoms with van der Waals surface area (Å²) in [6, 6.07) is 22.3. The number of aromatic nitrogens is 1. The van der Waals surface area contributed by atoms with Gasteiger partial charge in [0.05, 0.1) is 18.4 Å². The maximum absolute atomic E-state index is 13.1. The van der Waals surface area contributed by atoms with Crippen LogP contribution in [0.3, 0.4) is 0 Å². The maximum atomic E-state index is 13.1. The van der Waals surface area contributed by atoms with Gasteiger partial charge in [0.2, 0.25) is 11.8 Å². The Kier molecular flexibility index (Phi) is 8.10. The van der Waals surface area contributed by atoms with E-state index in [9.17, 15) is 24.3 Å². The SMILES string of the molecule is O=C(O)CC(NC(=O)C1CC(=O)N(c2ccc3ccc(NC(=O)N=Cc4ccccc4)cc3c2)C1)c1cccnc1. The van der Waals surface area contributed by atoms with Crippen LogP contribution in [0.25, 0.3) is 10.8 Å². The second-order valence-corrected chi connectivity index (χ2v) is 9.70. The molecule has 3 aromatic carbocycles. The maximum Gasteiger partial charge on any atom is 0.345 e. The lowest BCUT2D eigenvalue weighted by Crippen LogP contribution is -2.36. The zero-order valence-electron chi connectivity index (χ0n) is 21.9. The third-order valence-electron chi connectivity index (χ3n) is 6.80. The number of pyridine rings is 1. The molecule has 1 saturated heterocycles. The van der Waals surface area contributed by atoms with E-state index in [2.05, 4.69) is 20.6 Å². The number of carbonyl (C=O) groups excluding carboxylic acids is 3. The predicted octanol–water partition coefficient (Wildman–Crippen LogP) is 4.57. The van der Waals surface area contributed by atoms with Crippen molar-refractivity contribution in [3.8, 4) is 0 Å². The fourth-order valence-corrected chi connectivity index (χ4v) is 4.74. The number of rotatable bonds is 8. The van der Waals surface area contributed by atoms with Crippen LogP contribution in [0.1, 0.15) is 30.0 Å². The molecule has 0 aliphatic carbocycles. The van der Waals surface area contributed by atoms with Gasteiger partial charge < -0.3 is 20.6 Å². The Morgan fingerprint density at radius 3 is 2.59 bits per heavy atom. The minimum absolute atomic E-state index is 0.00617. The molecule has 5 rings (SSSR count). The summed E-state index contributed by atoms with van der Waals surface area (Å²) in [5, 5.41) is 16.6. The Balaban J connectivity index is 1.27. The van der Waals surface area contributed by atoms with Crippen LogP contribution in [0.4, 0.5) is 16.2 Å². The number of anilines is 2. The van der Waals surface area contributed by atoms with Crippen molar-refractivity contribution in [2.75, 3.05) is 16.8 Å². The standard InChI is InChI=1S/C31H27N5O5/c37-28-15-24(30(40)35-27(16-29(38)39)22-7-4-12-32-18-22)19-36(28)26-11-9-21-8-10-25(13-23(21)14-26)34-31(41)33-17-20-5-2-1-3-6-20/h1-14,17-18,24,27H,15-16,19H2,(H,34,41)(H,35,40)(H,38,39). The van der Waals surface area contributed by atoms with Crippen molar-refractivity contribution in [1.82, 2.24) is 10.3 Å². The molecule has 10 heteroatoms. The van der Waals surface area contributed by atoms with E-state index in [1.165, 1.54) is 12.4 Å². The number of aliphatic carboxylic acids is 1. The zero-order chi connectivity index (χ0) is 28.8. The van der Waals surface area contributed by atoms with Crippen molar-refractivity contribution >= 4 is 52.2 Å². The molecule has 2 heterocycles. The summed E-state index contributed by atoms with van der Waals surface area (Å²) in [6.45, 7) is 0.160. The third kappa shape index (κ3) is 6.80. The molecular formula is C31H27N5O5. The van der Waals surface area contributed by atoms with E-state index in [-0.39, 0.29) is 25.3 Å². The topological polar surface area (TPSA) is 141 Å². The molecule has 4 amide bonds. The van der Waals surface area contributed by atoms with Crippen LogP contribution in [-0.2, 0) is 14.4 Å². The van der Waals surface area contributed by atoms with Crippen LogP contribution < -0.4 is 15.5 Å². The van der Waals surface area contributed by atoms with Gasteiger partial charge in [-0.2, -0.15) is 0 Å². The van der Waals surface area contributed by atoms with E-state index in [1.54, 1.807) is 35.4 Å². The van der Waals surface area contributed by atoms with Crippen LogP contribution in [0.5, 0.6) is 0 Å². The van der Waals surface area contributed by atoms with Crippen molar-refractivity contribution < 1.29 is 24.3 Å². The predicted molar refractivity (Wildman–Crippen MR) is 155 cm³/mol. The van der Waals surface area contributed by atoms with Crippen LogP contribution in [0.2, 0.25) is 0 Å². The summed E-state index contributed by atoms with van der Waals surface area (Å²) in [4.78, 5) is 59.2. The van der Waals surface area contributed by atoms with E-state index < -0.39 is 29.9 Å². The first-order chi connectivity index (χ1) is 19.9. The number of fused-ring (bicyclic) bond motifs is 1. The molecule has 0 saturated carbocycles. The molecular weight excluding hydrogens is 522 g/mol. The minimum Gasteiger partial charge on any atom is -0.481 e. The van der Waals surface area contributed by atoms with Crippen molar-refractivity contribution in [2.45, 2.75) is 18.9 Å². The van der Waals surface area contributed by atoms with Gasteiger partial charge in [0.1, 0.15) is 0 Å². The molecule has 41 heavy (non-hydrogen) atoms. The van der Waals surface area contributed by atoms with Gasteiger partial charge >= 0.3 is 12.0 Å². The average Bonchev–Trinajstić information content (AvgIpc) is 3.38. The smallest absolute Gasteiger partial charge is 0.345 e. The zero-order valence-corrected chi connectivity index (χ0v) is 21.9. The van der Waals surface area contributed by atoms with Crippen molar-refractivity contribution in [2.24, 2.45) is 10.9 Å². The van der Waals surface area contributed by atoms with Crippen LogP contribution >= 0.6 is 0 Å². The molecule has 3 N–H and O–H groups in total. The number of aliphatic imine (C=N–C) groups is 1. The van der Waals surface area contributed by atoms with E-state index >= 15 is 0 Å². The summed E-state index contributed by atoms with van der Waals surface area (Å²) in [5.41, 5.74) is 2.56. The van der Waals surface area contributed by atoms with Gasteiger partial charge in [-0.3, -0.25) is 19.4 Å². The number of nitrogens with one attached hydrogen (secondary N) is 2. The highest BCUT2D eigenvalue weighted by Gasteiger charge is 2.36. The number of benzene rings is 3. The van der Waals surface area contributed by atoms with Gasteiger partial charge in [0, 0.05) is 42.9 Å². The number of urea groups is 1. The summed E-state index contributed by atoms with van der Waals surface area (Å²) < 4.78 is 0. The second-order valence-electron chi connectivity index (χ2n) is 9.70. The Bertz CT molecular complexity index is 1620. The average molecular weight is 550 g/mol. The summed E-state index contributed by atoms with van der Waals surface area (Å²) in [7, 11) is 0. The molecule has 2 atom stereocenters. The lowest BCUT2D eigenvalue weighted by atomic mass is 10.0. The molecule has 0 radical (unpaired) electrons. The van der Waals surface area contributed by atoms with E-state index in [4.69, 9.17) is 0 Å². The van der Waals surface area contributed by atoms with Gasteiger partial charge in [-0.1, -0.05) is 48.5 Å². The molecule has 4 aromatic rings. The third-order valence-corrected chi connectivity index (χ3v) is 6.80. The first-order valence-electron chi connectivity index (χ1n) is 13.0. The minimum atomic E-state index is -1.06. The largest absolute Gasteiger partial charge is 0.481 e. The Labute approximate surface area is 235 Å². The Morgan fingerprint density at radius 2 is 1.83 bits per heavy atom. The molecule has 10 nitrogen and oxygen atoms in total. The molecule has 2 unspecified atom stereocenters. The van der Waals surface area contributed by atoms with Gasteiger partial charge in [-0.25, -0.2) is 9.79 Å². The van der Waals surface area contributed by atoms with Crippen molar-refractivity contribution in [3.05, 3.63) is 102 Å². The second kappa shape index (κ2) is 12.2. The molecule has 1 fully saturated rings. The number of hydrogen-bond acceptors (Lipinski definition) is 5. The van der Waals surface area contributed by atoms with Crippen molar-refractivity contribution in [1.29, 1.82) is 0 Å². The molecule has 1 aliphatic rings. The van der Waals surface area contributed by atoms with Crippen LogP contribution in [0.15, 0.2) is 96.2 Å². The van der Waals surface area contributed by atoms with E-state index in [0.29, 0.717) is 16.9 Å². The van der Waals surface area contributed by atoms with Gasteiger partial charge in [0.25, 0.3) is 0 Å². The van der Waals surface area contributed by atoms with Gasteiger partial charge in [-0.05, 0) is 52.2 Å². The number of amides is 4. The highest BCUT2D eigenvalue weighted by atomic mass is 16.4. The van der Waals surface area contributed by atoms with E-state index in [1.807, 2.05) is 54.6 Å². The van der Waals surface area contributed by atoms with Gasteiger partial charge in [0.15, 0.2) is 0 Å². The van der Waals surface area contributed by atoms with Crippen LogP contribution in [0, 0.1) is 5.92 Å². The Hall–Kier alpha value is -5.38. The fraction of sp³-hybridized carbons (Fsp3) is 0.161. The molecule has 0 bridgehead atoms. The Morgan fingerprint density at radius 1 is 1.02 bits per heavy atom. The molecule has 206 valence electrons.